The van der Waals surface area contributed by atoms with Gasteiger partial charge in [0.15, 0.2) is 0 Å². The lowest BCUT2D eigenvalue weighted by Gasteiger charge is -2.07. The summed E-state index contributed by atoms with van der Waals surface area (Å²) in [5.74, 6) is -0.146. The molecule has 16 heavy (non-hydrogen) atoms. The summed E-state index contributed by atoms with van der Waals surface area (Å²) >= 11 is 0. The van der Waals surface area contributed by atoms with Gasteiger partial charge in [-0.25, -0.2) is 0 Å². The summed E-state index contributed by atoms with van der Waals surface area (Å²) in [4.78, 5) is 18.6. The van der Waals surface area contributed by atoms with Crippen molar-refractivity contribution in [2.75, 3.05) is 5.32 Å². The number of carbonyl (C=O) groups excluding carboxylic acids is 1. The van der Waals surface area contributed by atoms with Crippen LogP contribution in [0.4, 0.5) is 5.69 Å². The SMILES string of the molecule is CCc1ccncc1NC(=O)c1ccc[nH]1. The number of aryl methyl sites for hydroxylation is 1. The molecule has 0 aliphatic heterocycles. The topological polar surface area (TPSA) is 57.8 Å². The number of hydrogen-bond acceptors (Lipinski definition) is 2. The van der Waals surface area contributed by atoms with Crippen molar-refractivity contribution >= 4 is 11.6 Å². The second-order valence-electron chi connectivity index (χ2n) is 3.42. The van der Waals surface area contributed by atoms with Gasteiger partial charge in [0.05, 0.1) is 11.9 Å². The number of nitrogens with zero attached hydrogens (tertiary/aromatic N) is 1. The molecule has 0 aliphatic rings. The van der Waals surface area contributed by atoms with Crippen molar-refractivity contribution in [3.05, 3.63) is 48.0 Å². The van der Waals surface area contributed by atoms with Crippen LogP contribution in [0.3, 0.4) is 0 Å². The highest BCUT2D eigenvalue weighted by atomic mass is 16.1. The van der Waals surface area contributed by atoms with Gasteiger partial charge in [-0.2, -0.15) is 0 Å². The Morgan fingerprint density at radius 1 is 1.50 bits per heavy atom. The molecule has 4 nitrogen and oxygen atoms in total. The Morgan fingerprint density at radius 2 is 2.38 bits per heavy atom. The normalized spacial score (nSPS) is 10.1. The highest BCUT2D eigenvalue weighted by Gasteiger charge is 2.08. The monoisotopic (exact) mass is 215 g/mol. The fourth-order valence-electron chi connectivity index (χ4n) is 1.51. The van der Waals surface area contributed by atoms with Crippen molar-refractivity contribution in [1.82, 2.24) is 9.97 Å². The van der Waals surface area contributed by atoms with E-state index < -0.39 is 0 Å². The van der Waals surface area contributed by atoms with E-state index in [2.05, 4.69) is 15.3 Å². The zero-order valence-electron chi connectivity index (χ0n) is 9.03. The lowest BCUT2D eigenvalue weighted by atomic mass is 10.2. The van der Waals surface area contributed by atoms with Crippen LogP contribution in [0.25, 0.3) is 0 Å². The van der Waals surface area contributed by atoms with Gasteiger partial charge in [-0.15, -0.1) is 0 Å². The lowest BCUT2D eigenvalue weighted by Crippen LogP contribution is -2.13. The Balaban J connectivity index is 2.18. The maximum Gasteiger partial charge on any atom is 0.272 e. The number of rotatable bonds is 3. The van der Waals surface area contributed by atoms with Gasteiger partial charge in [-0.3, -0.25) is 9.78 Å². The Morgan fingerprint density at radius 3 is 3.06 bits per heavy atom. The van der Waals surface area contributed by atoms with E-state index in [1.807, 2.05) is 13.0 Å². The number of amides is 1. The molecule has 2 aromatic heterocycles. The summed E-state index contributed by atoms with van der Waals surface area (Å²) < 4.78 is 0. The Labute approximate surface area is 93.7 Å². The van der Waals surface area contributed by atoms with Crippen LogP contribution in [0.15, 0.2) is 36.8 Å². The van der Waals surface area contributed by atoms with Gasteiger partial charge >= 0.3 is 0 Å². The summed E-state index contributed by atoms with van der Waals surface area (Å²) in [5.41, 5.74) is 2.39. The standard InChI is InChI=1S/C12H13N3O/c1-2-9-5-7-13-8-11(9)15-12(16)10-4-3-6-14-10/h3-8,14H,2H2,1H3,(H,15,16). The molecule has 0 saturated heterocycles. The second kappa shape index (κ2) is 4.61. The van der Waals surface area contributed by atoms with E-state index in [0.717, 1.165) is 17.7 Å². The van der Waals surface area contributed by atoms with Gasteiger partial charge in [0.1, 0.15) is 5.69 Å². The van der Waals surface area contributed by atoms with Gasteiger partial charge in [0.25, 0.3) is 5.91 Å². The van der Waals surface area contributed by atoms with E-state index in [-0.39, 0.29) is 5.91 Å². The van der Waals surface area contributed by atoms with Crippen LogP contribution in [0, 0.1) is 0 Å². The Hall–Kier alpha value is -2.10. The summed E-state index contributed by atoms with van der Waals surface area (Å²) in [7, 11) is 0. The highest BCUT2D eigenvalue weighted by molar-refractivity contribution is 6.03. The molecule has 0 fully saturated rings. The van der Waals surface area contributed by atoms with Gasteiger partial charge in [-0.05, 0) is 30.2 Å². The van der Waals surface area contributed by atoms with Crippen LogP contribution in [-0.2, 0) is 6.42 Å². The molecule has 0 radical (unpaired) electrons. The molecule has 0 saturated carbocycles. The Kier molecular flexibility index (Phi) is 3.00. The molecule has 4 heteroatoms. The molecule has 2 N–H and O–H groups in total. The number of H-pyrrole nitrogens is 1. The summed E-state index contributed by atoms with van der Waals surface area (Å²) in [6.45, 7) is 2.04. The van der Waals surface area contributed by atoms with Crippen molar-refractivity contribution in [3.8, 4) is 0 Å². The fourth-order valence-corrected chi connectivity index (χ4v) is 1.51. The van der Waals surface area contributed by atoms with E-state index in [9.17, 15) is 4.79 Å². The van der Waals surface area contributed by atoms with Gasteiger partial charge in [-0.1, -0.05) is 6.92 Å². The highest BCUT2D eigenvalue weighted by Crippen LogP contribution is 2.14. The van der Waals surface area contributed by atoms with E-state index in [4.69, 9.17) is 0 Å². The number of anilines is 1. The number of hydrogen-bond donors (Lipinski definition) is 2. The minimum atomic E-state index is -0.146. The third-order valence-corrected chi connectivity index (χ3v) is 2.38. The van der Waals surface area contributed by atoms with Crippen LogP contribution >= 0.6 is 0 Å². The first-order valence-electron chi connectivity index (χ1n) is 5.19. The third-order valence-electron chi connectivity index (χ3n) is 2.38. The van der Waals surface area contributed by atoms with Gasteiger partial charge in [0.2, 0.25) is 0 Å². The smallest absolute Gasteiger partial charge is 0.272 e. The number of carbonyl (C=O) groups is 1. The van der Waals surface area contributed by atoms with Crippen LogP contribution in [-0.4, -0.2) is 15.9 Å². The van der Waals surface area contributed by atoms with E-state index in [0.29, 0.717) is 5.69 Å². The molecule has 0 aromatic carbocycles. The number of pyridine rings is 1. The summed E-state index contributed by atoms with van der Waals surface area (Å²) in [6, 6.07) is 5.43. The predicted octanol–water partition coefficient (Wildman–Crippen LogP) is 2.22. The molecule has 82 valence electrons. The average Bonchev–Trinajstić information content (AvgIpc) is 2.83. The van der Waals surface area contributed by atoms with Crippen LogP contribution in [0.1, 0.15) is 23.0 Å². The zero-order valence-corrected chi connectivity index (χ0v) is 9.03. The van der Waals surface area contributed by atoms with Crippen molar-refractivity contribution in [3.63, 3.8) is 0 Å². The first-order valence-corrected chi connectivity index (χ1v) is 5.19. The van der Waals surface area contributed by atoms with Crippen molar-refractivity contribution in [2.24, 2.45) is 0 Å². The molecule has 1 amide bonds. The number of nitrogens with one attached hydrogen (secondary N) is 2. The number of aromatic nitrogens is 2. The van der Waals surface area contributed by atoms with E-state index in [1.165, 1.54) is 0 Å². The van der Waals surface area contributed by atoms with Crippen LogP contribution < -0.4 is 5.32 Å². The maximum atomic E-state index is 11.8. The minimum Gasteiger partial charge on any atom is -0.357 e. The quantitative estimate of drug-likeness (QED) is 0.824. The molecule has 0 aliphatic carbocycles. The van der Waals surface area contributed by atoms with Crippen molar-refractivity contribution in [1.29, 1.82) is 0 Å². The van der Waals surface area contributed by atoms with Crippen molar-refractivity contribution < 1.29 is 4.79 Å². The van der Waals surface area contributed by atoms with Crippen LogP contribution in [0.5, 0.6) is 0 Å². The van der Waals surface area contributed by atoms with E-state index >= 15 is 0 Å². The molecule has 0 unspecified atom stereocenters. The molecule has 2 rings (SSSR count). The zero-order chi connectivity index (χ0) is 11.4. The predicted molar refractivity (Wildman–Crippen MR) is 62.4 cm³/mol. The molecular formula is C12H13N3O. The third kappa shape index (κ3) is 2.11. The molecule has 0 bridgehead atoms. The molecular weight excluding hydrogens is 202 g/mol. The minimum absolute atomic E-state index is 0.146. The molecule has 2 aromatic rings. The molecule has 0 atom stereocenters. The van der Waals surface area contributed by atoms with Crippen molar-refractivity contribution in [2.45, 2.75) is 13.3 Å². The first kappa shape index (κ1) is 10.4. The van der Waals surface area contributed by atoms with Gasteiger partial charge < -0.3 is 10.3 Å². The van der Waals surface area contributed by atoms with Crippen LogP contribution in [0.2, 0.25) is 0 Å². The Bertz CT molecular complexity index is 477. The molecule has 2 heterocycles. The lowest BCUT2D eigenvalue weighted by molar-refractivity contribution is 0.102. The molecule has 0 spiro atoms. The maximum absolute atomic E-state index is 11.8. The van der Waals surface area contributed by atoms with Gasteiger partial charge in [0, 0.05) is 12.4 Å². The fraction of sp³-hybridized carbons (Fsp3) is 0.167. The second-order valence-corrected chi connectivity index (χ2v) is 3.42. The first-order chi connectivity index (χ1) is 7.81. The number of aromatic amines is 1. The van der Waals surface area contributed by atoms with E-state index in [1.54, 1.807) is 30.7 Å². The summed E-state index contributed by atoms with van der Waals surface area (Å²) in [5, 5.41) is 2.83. The average molecular weight is 215 g/mol. The largest absolute Gasteiger partial charge is 0.357 e. The summed E-state index contributed by atoms with van der Waals surface area (Å²) in [6.07, 6.45) is 5.98.